The number of nitrogens with zero attached hydrogens (tertiary/aromatic N) is 2. The van der Waals surface area contributed by atoms with Crippen LogP contribution in [0.1, 0.15) is 53.1 Å². The smallest absolute Gasteiger partial charge is 0.265 e. The van der Waals surface area contributed by atoms with Gasteiger partial charge in [-0.3, -0.25) is 24.2 Å². The van der Waals surface area contributed by atoms with Crippen molar-refractivity contribution in [2.24, 2.45) is 0 Å². The van der Waals surface area contributed by atoms with Crippen LogP contribution in [0.5, 0.6) is 11.5 Å². The molecule has 1 aromatic carbocycles. The average molecular weight is 538 g/mol. The molecule has 3 amide bonds. The number of ether oxygens (including phenoxy) is 2. The van der Waals surface area contributed by atoms with Gasteiger partial charge in [0.05, 0.1) is 43.2 Å². The predicted octanol–water partition coefficient (Wildman–Crippen LogP) is 2.82. The lowest BCUT2D eigenvalue weighted by Gasteiger charge is -2.27. The summed E-state index contributed by atoms with van der Waals surface area (Å²) in [6.07, 6.45) is 1.05. The Kier molecular flexibility index (Phi) is 8.75. The van der Waals surface area contributed by atoms with Gasteiger partial charge in [0.2, 0.25) is 5.91 Å². The minimum Gasteiger partial charge on any atom is -0.493 e. The number of fused-ring (bicyclic) bond motifs is 1. The van der Waals surface area contributed by atoms with Crippen molar-refractivity contribution >= 4 is 43.9 Å². The lowest BCUT2D eigenvalue weighted by atomic mass is 10.1. The number of carbonyl (C=O) groups excluding carboxylic acids is 3. The maximum absolute atomic E-state index is 13.5. The van der Waals surface area contributed by atoms with Crippen molar-refractivity contribution in [1.82, 2.24) is 9.80 Å². The van der Waals surface area contributed by atoms with Crippen LogP contribution in [-0.4, -0.2) is 81.3 Å². The van der Waals surface area contributed by atoms with E-state index in [4.69, 9.17) is 9.47 Å². The SMILES string of the molecule is CCOc1cc(C(CS(C)(=O)=O)N2C(=O)c3csc(NC(=O)CN(CC)CC)c3C2=O)ccc1OC. The van der Waals surface area contributed by atoms with Gasteiger partial charge >= 0.3 is 0 Å². The Morgan fingerprint density at radius 3 is 2.42 bits per heavy atom. The molecule has 3 rings (SSSR count). The Balaban J connectivity index is 1.98. The number of sulfone groups is 1. The van der Waals surface area contributed by atoms with Crippen molar-refractivity contribution in [2.75, 3.05) is 50.7 Å². The Morgan fingerprint density at radius 2 is 1.83 bits per heavy atom. The zero-order valence-electron chi connectivity index (χ0n) is 21.0. The van der Waals surface area contributed by atoms with Gasteiger partial charge in [-0.25, -0.2) is 8.42 Å². The van der Waals surface area contributed by atoms with Crippen LogP contribution in [0.4, 0.5) is 5.00 Å². The first-order valence-electron chi connectivity index (χ1n) is 11.5. The Bertz CT molecular complexity index is 1250. The third-order valence-electron chi connectivity index (χ3n) is 5.83. The number of thiophene rings is 1. The fourth-order valence-corrected chi connectivity index (χ4v) is 5.89. The van der Waals surface area contributed by atoms with Crippen molar-refractivity contribution in [2.45, 2.75) is 26.8 Å². The molecule has 36 heavy (non-hydrogen) atoms. The van der Waals surface area contributed by atoms with E-state index in [1.807, 2.05) is 18.7 Å². The highest BCUT2D eigenvalue weighted by Gasteiger charge is 2.44. The largest absolute Gasteiger partial charge is 0.493 e. The Hall–Kier alpha value is -2.96. The predicted molar refractivity (Wildman–Crippen MR) is 138 cm³/mol. The van der Waals surface area contributed by atoms with Gasteiger partial charge in [-0.15, -0.1) is 11.3 Å². The zero-order chi connectivity index (χ0) is 26.6. The van der Waals surface area contributed by atoms with Gasteiger partial charge in [-0.2, -0.15) is 0 Å². The van der Waals surface area contributed by atoms with E-state index in [1.165, 1.54) is 12.5 Å². The molecule has 0 fully saturated rings. The topological polar surface area (TPSA) is 122 Å². The summed E-state index contributed by atoms with van der Waals surface area (Å²) in [7, 11) is -2.13. The molecule has 1 aromatic heterocycles. The fourth-order valence-electron chi connectivity index (χ4n) is 4.04. The van der Waals surface area contributed by atoms with Gasteiger partial charge in [0.25, 0.3) is 11.8 Å². The molecule has 1 N–H and O–H groups in total. The van der Waals surface area contributed by atoms with Crippen LogP contribution in [0.3, 0.4) is 0 Å². The number of nitrogens with one attached hydrogen (secondary N) is 1. The minimum atomic E-state index is -3.61. The molecule has 10 nitrogen and oxygen atoms in total. The maximum Gasteiger partial charge on any atom is 0.265 e. The molecular weight excluding hydrogens is 506 g/mol. The van der Waals surface area contributed by atoms with E-state index in [2.05, 4.69) is 5.32 Å². The first kappa shape index (κ1) is 27.6. The van der Waals surface area contributed by atoms with Crippen LogP contribution in [0.25, 0.3) is 0 Å². The monoisotopic (exact) mass is 537 g/mol. The van der Waals surface area contributed by atoms with E-state index in [0.717, 1.165) is 22.5 Å². The summed E-state index contributed by atoms with van der Waals surface area (Å²) in [6, 6.07) is 3.70. The summed E-state index contributed by atoms with van der Waals surface area (Å²) >= 11 is 1.09. The van der Waals surface area contributed by atoms with Crippen molar-refractivity contribution < 1.29 is 32.3 Å². The summed E-state index contributed by atoms with van der Waals surface area (Å²) in [5, 5.41) is 4.53. The van der Waals surface area contributed by atoms with E-state index < -0.39 is 33.4 Å². The first-order chi connectivity index (χ1) is 17.0. The second-order valence-electron chi connectivity index (χ2n) is 8.29. The highest BCUT2D eigenvalue weighted by molar-refractivity contribution is 7.90. The maximum atomic E-state index is 13.5. The van der Waals surface area contributed by atoms with Crippen LogP contribution in [-0.2, 0) is 14.6 Å². The molecule has 0 aliphatic carbocycles. The standard InChI is InChI=1S/C24H31N3O7S2/c1-6-26(7-2)12-20(28)25-22-21-16(13-35-22)23(29)27(24(21)30)17(14-36(5,31)32)15-9-10-18(33-4)19(11-15)34-8-3/h9-11,13,17H,6-8,12,14H2,1-5H3,(H,25,28). The minimum absolute atomic E-state index is 0.0786. The van der Waals surface area contributed by atoms with Crippen LogP contribution in [0.15, 0.2) is 23.6 Å². The molecule has 0 saturated heterocycles. The van der Waals surface area contributed by atoms with Gasteiger partial charge in [-0.1, -0.05) is 19.9 Å². The normalized spacial score (nSPS) is 14.2. The Labute approximate surface area is 215 Å². The number of methoxy groups -OCH3 is 1. The molecule has 12 heteroatoms. The second-order valence-corrected chi connectivity index (χ2v) is 11.4. The highest BCUT2D eigenvalue weighted by atomic mass is 32.2. The van der Waals surface area contributed by atoms with Crippen LogP contribution < -0.4 is 14.8 Å². The number of benzene rings is 1. The van der Waals surface area contributed by atoms with E-state index in [0.29, 0.717) is 36.8 Å². The lowest BCUT2D eigenvalue weighted by Crippen LogP contribution is -2.38. The summed E-state index contributed by atoms with van der Waals surface area (Å²) in [6.45, 7) is 7.55. The van der Waals surface area contributed by atoms with Crippen molar-refractivity contribution in [3.63, 3.8) is 0 Å². The first-order valence-corrected chi connectivity index (χ1v) is 14.5. The molecule has 2 aromatic rings. The number of amides is 3. The number of likely N-dealkylation sites (N-methyl/N-ethyl adjacent to an activating group) is 1. The summed E-state index contributed by atoms with van der Waals surface area (Å²) < 4.78 is 35.6. The van der Waals surface area contributed by atoms with Crippen molar-refractivity contribution in [3.8, 4) is 11.5 Å². The molecule has 2 heterocycles. The second kappa shape index (κ2) is 11.4. The quantitative estimate of drug-likeness (QED) is 0.410. The molecule has 196 valence electrons. The van der Waals surface area contributed by atoms with E-state index in [1.54, 1.807) is 25.1 Å². The molecule has 0 spiro atoms. The molecule has 1 unspecified atom stereocenters. The molecular formula is C24H31N3O7S2. The molecule has 0 saturated carbocycles. The number of imide groups is 1. The molecule has 1 atom stereocenters. The summed E-state index contributed by atoms with van der Waals surface area (Å²) in [5.74, 6) is -1.23. The lowest BCUT2D eigenvalue weighted by molar-refractivity contribution is -0.117. The van der Waals surface area contributed by atoms with E-state index >= 15 is 0 Å². The highest BCUT2D eigenvalue weighted by Crippen LogP contribution is 2.41. The third kappa shape index (κ3) is 5.88. The van der Waals surface area contributed by atoms with Crippen LogP contribution >= 0.6 is 11.3 Å². The van der Waals surface area contributed by atoms with Crippen molar-refractivity contribution in [1.29, 1.82) is 0 Å². The van der Waals surface area contributed by atoms with E-state index in [9.17, 15) is 22.8 Å². The van der Waals surface area contributed by atoms with E-state index in [-0.39, 0.29) is 28.6 Å². The molecule has 0 radical (unpaired) electrons. The number of hydrogen-bond acceptors (Lipinski definition) is 9. The third-order valence-corrected chi connectivity index (χ3v) is 7.65. The fraction of sp³-hybridized carbons (Fsp3) is 0.458. The van der Waals surface area contributed by atoms with Crippen LogP contribution in [0.2, 0.25) is 0 Å². The number of carbonyl (C=O) groups is 3. The number of anilines is 1. The van der Waals surface area contributed by atoms with Gasteiger partial charge in [0.15, 0.2) is 11.5 Å². The van der Waals surface area contributed by atoms with Gasteiger partial charge in [0.1, 0.15) is 14.8 Å². The number of rotatable bonds is 12. The van der Waals surface area contributed by atoms with Crippen LogP contribution in [0, 0.1) is 0 Å². The van der Waals surface area contributed by atoms with Gasteiger partial charge < -0.3 is 14.8 Å². The summed E-state index contributed by atoms with van der Waals surface area (Å²) in [5.41, 5.74) is 0.627. The van der Waals surface area contributed by atoms with Gasteiger partial charge in [-0.05, 0) is 37.7 Å². The molecule has 0 bridgehead atoms. The van der Waals surface area contributed by atoms with Gasteiger partial charge in [0, 0.05) is 11.6 Å². The Morgan fingerprint density at radius 1 is 1.14 bits per heavy atom. The molecule has 1 aliphatic heterocycles. The average Bonchev–Trinajstić information content (AvgIpc) is 3.34. The summed E-state index contributed by atoms with van der Waals surface area (Å²) in [4.78, 5) is 42.3. The molecule has 1 aliphatic rings. The number of hydrogen-bond donors (Lipinski definition) is 1. The zero-order valence-corrected chi connectivity index (χ0v) is 22.6. The van der Waals surface area contributed by atoms with Crippen molar-refractivity contribution in [3.05, 3.63) is 40.3 Å².